The van der Waals surface area contributed by atoms with Crippen molar-refractivity contribution in [3.63, 3.8) is 0 Å². The molecule has 2 heteroatoms. The number of aromatic nitrogens is 1. The van der Waals surface area contributed by atoms with Crippen LogP contribution in [0.25, 0.3) is 11.3 Å². The number of hydrogen-bond donors (Lipinski definition) is 0. The summed E-state index contributed by atoms with van der Waals surface area (Å²) in [6.45, 7) is 0. The van der Waals surface area contributed by atoms with Crippen molar-refractivity contribution in [1.82, 2.24) is 4.98 Å². The maximum atomic E-state index is 4.76. The summed E-state index contributed by atoms with van der Waals surface area (Å²) in [5.74, 6) is 0. The Labute approximate surface area is 113 Å². The van der Waals surface area contributed by atoms with Crippen molar-refractivity contribution in [3.8, 4) is 11.3 Å². The average Bonchev–Trinajstić information content (AvgIpc) is 2.89. The topological polar surface area (TPSA) is 12.9 Å². The quantitative estimate of drug-likeness (QED) is 0.675. The molecule has 3 rings (SSSR count). The Balaban J connectivity index is 1.82. The van der Waals surface area contributed by atoms with Crippen LogP contribution in [0.15, 0.2) is 65.6 Å². The second kappa shape index (κ2) is 5.34. The molecule has 0 aliphatic rings. The second-order valence-corrected chi connectivity index (χ2v) is 6.13. The van der Waals surface area contributed by atoms with Crippen molar-refractivity contribution in [2.75, 3.05) is 0 Å². The molecule has 0 saturated heterocycles. The van der Waals surface area contributed by atoms with Crippen LogP contribution in [0.2, 0.25) is 0 Å². The molecule has 1 aromatic heterocycles. The predicted octanol–water partition coefficient (Wildman–Crippen LogP) is 3.40. The number of hydrogen-bond acceptors (Lipinski definition) is 1. The van der Waals surface area contributed by atoms with E-state index in [-0.39, 0.29) is 0 Å². The van der Waals surface area contributed by atoms with Crippen LogP contribution < -0.4 is 0 Å². The molecule has 0 radical (unpaired) electrons. The molecule has 0 bridgehead atoms. The Morgan fingerprint density at radius 2 is 1.50 bits per heavy atom. The van der Waals surface area contributed by atoms with E-state index >= 15 is 0 Å². The molecule has 0 spiro atoms. The normalized spacial score (nSPS) is 10.4. The zero-order chi connectivity index (χ0) is 12.2. The Bertz CT molecular complexity index is 614. The van der Waals surface area contributed by atoms with E-state index in [1.807, 2.05) is 6.07 Å². The van der Waals surface area contributed by atoms with Gasteiger partial charge >= 0.3 is 113 Å². The van der Waals surface area contributed by atoms with E-state index in [0.717, 1.165) is 12.1 Å². The first kappa shape index (κ1) is 11.5. The van der Waals surface area contributed by atoms with E-state index < -0.39 is 0 Å². The minimum atomic E-state index is 0.404. The van der Waals surface area contributed by atoms with Gasteiger partial charge in [-0.05, 0) is 0 Å². The van der Waals surface area contributed by atoms with Gasteiger partial charge in [0, 0.05) is 0 Å². The van der Waals surface area contributed by atoms with E-state index in [2.05, 4.69) is 59.5 Å². The van der Waals surface area contributed by atoms with Crippen molar-refractivity contribution in [1.29, 1.82) is 0 Å². The summed E-state index contributed by atoms with van der Waals surface area (Å²) in [6.07, 6.45) is 0.980. The van der Waals surface area contributed by atoms with E-state index in [0.29, 0.717) is 14.5 Å². The zero-order valence-corrected chi connectivity index (χ0v) is 11.6. The summed E-state index contributed by atoms with van der Waals surface area (Å²) in [4.78, 5) is 7.04. The van der Waals surface area contributed by atoms with Gasteiger partial charge in [0.05, 0.1) is 0 Å². The van der Waals surface area contributed by atoms with Gasteiger partial charge in [-0.25, -0.2) is 0 Å². The zero-order valence-electron chi connectivity index (χ0n) is 9.91. The number of benzene rings is 2. The molecule has 0 N–H and O–H groups in total. The first-order valence-corrected chi connectivity index (χ1v) is 7.80. The fraction of sp³-hybridized carbons (Fsp3) is 0.0625. The SMILES string of the molecule is c1ccc(Cc2nc(-c3ccccc3)c[se]2)cc1. The number of nitrogens with zero attached hydrogens (tertiary/aromatic N) is 1. The molecule has 0 aliphatic carbocycles. The Hall–Kier alpha value is -1.63. The predicted molar refractivity (Wildman–Crippen MR) is 75.9 cm³/mol. The summed E-state index contributed by atoms with van der Waals surface area (Å²) < 4.78 is 1.31. The van der Waals surface area contributed by atoms with E-state index in [4.69, 9.17) is 4.98 Å². The Morgan fingerprint density at radius 1 is 0.833 bits per heavy atom. The van der Waals surface area contributed by atoms with Gasteiger partial charge in [0.15, 0.2) is 0 Å². The van der Waals surface area contributed by atoms with Gasteiger partial charge in [0.25, 0.3) is 0 Å². The molecule has 0 saturated carbocycles. The maximum absolute atomic E-state index is 4.76. The van der Waals surface area contributed by atoms with Crippen molar-refractivity contribution in [2.24, 2.45) is 0 Å². The third-order valence-corrected chi connectivity index (χ3v) is 4.60. The molecule has 0 aliphatic heterocycles. The van der Waals surface area contributed by atoms with Crippen molar-refractivity contribution in [2.45, 2.75) is 6.42 Å². The standard InChI is InChI=1S/C16H13NSe/c1-3-7-13(8-4-1)11-16-17-15(12-18-16)14-9-5-2-6-10-14/h1-10,12H,11H2. The third-order valence-electron chi connectivity index (χ3n) is 2.82. The van der Waals surface area contributed by atoms with Gasteiger partial charge in [-0.3, -0.25) is 0 Å². The molecule has 0 fully saturated rings. The van der Waals surface area contributed by atoms with Crippen LogP contribution in [-0.2, 0) is 6.42 Å². The molecule has 1 heterocycles. The van der Waals surface area contributed by atoms with Crippen LogP contribution in [0.1, 0.15) is 10.1 Å². The van der Waals surface area contributed by atoms with Crippen LogP contribution in [0.5, 0.6) is 0 Å². The monoisotopic (exact) mass is 299 g/mol. The molecule has 1 nitrogen and oxygen atoms in total. The first-order valence-electron chi connectivity index (χ1n) is 5.95. The minimum absolute atomic E-state index is 0.404. The molecule has 2 aromatic carbocycles. The van der Waals surface area contributed by atoms with E-state index in [1.54, 1.807) is 0 Å². The van der Waals surface area contributed by atoms with Crippen molar-refractivity contribution < 1.29 is 0 Å². The van der Waals surface area contributed by atoms with Gasteiger partial charge in [-0.2, -0.15) is 0 Å². The van der Waals surface area contributed by atoms with Gasteiger partial charge in [0.2, 0.25) is 0 Å². The van der Waals surface area contributed by atoms with Crippen LogP contribution in [0.4, 0.5) is 0 Å². The van der Waals surface area contributed by atoms with E-state index in [1.165, 1.54) is 15.7 Å². The number of rotatable bonds is 3. The average molecular weight is 298 g/mol. The molecule has 3 aromatic rings. The summed E-state index contributed by atoms with van der Waals surface area (Å²) in [7, 11) is 0. The fourth-order valence-electron chi connectivity index (χ4n) is 1.90. The van der Waals surface area contributed by atoms with Crippen LogP contribution in [0.3, 0.4) is 0 Å². The van der Waals surface area contributed by atoms with E-state index in [9.17, 15) is 0 Å². The summed E-state index contributed by atoms with van der Waals surface area (Å²) in [5.41, 5.74) is 3.71. The van der Waals surface area contributed by atoms with Crippen molar-refractivity contribution in [3.05, 3.63) is 75.7 Å². The molecule has 0 unspecified atom stereocenters. The van der Waals surface area contributed by atoms with Gasteiger partial charge in [0.1, 0.15) is 0 Å². The fourth-order valence-corrected chi connectivity index (χ4v) is 3.66. The third kappa shape index (κ3) is 2.61. The Morgan fingerprint density at radius 3 is 2.22 bits per heavy atom. The van der Waals surface area contributed by atoms with Gasteiger partial charge in [-0.15, -0.1) is 0 Å². The summed E-state index contributed by atoms with van der Waals surface area (Å²) >= 11 is 0.404. The Kier molecular flexibility index (Phi) is 3.40. The summed E-state index contributed by atoms with van der Waals surface area (Å²) in [5, 5.41) is 0. The van der Waals surface area contributed by atoms with Crippen LogP contribution in [-0.4, -0.2) is 19.5 Å². The first-order chi connectivity index (χ1) is 8.92. The molecule has 0 amide bonds. The van der Waals surface area contributed by atoms with Crippen molar-refractivity contribution >= 4 is 14.5 Å². The van der Waals surface area contributed by atoms with Gasteiger partial charge in [-0.1, -0.05) is 0 Å². The van der Waals surface area contributed by atoms with Crippen LogP contribution >= 0.6 is 0 Å². The molecule has 0 atom stereocenters. The molecule has 88 valence electrons. The summed E-state index contributed by atoms with van der Waals surface area (Å²) in [6, 6.07) is 21.0. The molecular formula is C16H13NSe. The molecule has 18 heavy (non-hydrogen) atoms. The molecular weight excluding hydrogens is 285 g/mol. The van der Waals surface area contributed by atoms with Gasteiger partial charge < -0.3 is 0 Å². The van der Waals surface area contributed by atoms with Crippen LogP contribution in [0, 0.1) is 0 Å². The second-order valence-electron chi connectivity index (χ2n) is 4.15.